The number of ether oxygens (including phenoxy) is 1. The smallest absolute Gasteiger partial charge is 0.155 e. The molecular weight excluding hydrogens is 586 g/mol. The zero-order valence-corrected chi connectivity index (χ0v) is 25.3. The maximum absolute atomic E-state index is 13.4. The Labute approximate surface area is 266 Å². The van der Waals surface area contributed by atoms with Crippen LogP contribution in [-0.4, -0.2) is 12.7 Å². The van der Waals surface area contributed by atoms with Gasteiger partial charge in [-0.25, -0.2) is 8.78 Å². The number of nitrogens with two attached hydrogens (primary N) is 1. The lowest BCUT2D eigenvalue weighted by Gasteiger charge is -2.12. The molecule has 0 radical (unpaired) electrons. The van der Waals surface area contributed by atoms with E-state index in [1.807, 2.05) is 72.8 Å². The Morgan fingerprint density at radius 1 is 0.674 bits per heavy atom. The number of furan rings is 1. The Hall–Kier alpha value is -5.50. The second-order valence-corrected chi connectivity index (χ2v) is 11.3. The molecular formula is C38H36F2N2O4. The third-order valence-corrected chi connectivity index (χ3v) is 6.98. The van der Waals surface area contributed by atoms with E-state index in [1.54, 1.807) is 46.1 Å². The minimum atomic E-state index is -0.429. The molecule has 0 atom stereocenters. The third-order valence-electron chi connectivity index (χ3n) is 6.98. The topological polar surface area (TPSA) is 87.0 Å². The maximum Gasteiger partial charge on any atom is 0.155 e. The summed E-state index contributed by atoms with van der Waals surface area (Å²) < 4.78 is 37.9. The molecule has 0 aliphatic rings. The second-order valence-electron chi connectivity index (χ2n) is 11.3. The summed E-state index contributed by atoms with van der Waals surface area (Å²) in [5, 5.41) is 8.00. The predicted molar refractivity (Wildman–Crippen MR) is 185 cm³/mol. The van der Waals surface area contributed by atoms with E-state index in [4.69, 9.17) is 14.9 Å². The zero-order valence-electron chi connectivity index (χ0n) is 25.3. The zero-order chi connectivity index (χ0) is 32.1. The lowest BCUT2D eigenvalue weighted by atomic mass is 9.98. The molecule has 0 aliphatic carbocycles. The summed E-state index contributed by atoms with van der Waals surface area (Å²) in [4.78, 5) is 13.6. The van der Waals surface area contributed by atoms with E-state index in [0.717, 1.165) is 60.4 Å². The Bertz CT molecular complexity index is 2130. The molecule has 0 bridgehead atoms. The minimum absolute atomic E-state index is 0. The fraction of sp³-hybridized carbons (Fsp3) is 0.158. The first-order chi connectivity index (χ1) is 21.6. The monoisotopic (exact) mass is 622 g/mol. The molecule has 0 amide bonds. The highest BCUT2D eigenvalue weighted by Crippen LogP contribution is 2.37. The standard InChI is InChI=1S/C17H14FNO.C16H9FO.C4H9NO2.CH4/c1-20-17-10-11-6-7-13(18)8-12(11)9-15(17)14-4-2-3-5-16(14)19;17-12-6-5-10-9-16-14(8-11(10)7-12)13-3-1-2-4-15(13)18-16;1-4(2,3)7-5-6;/h2-10H,19H2,1H3;1-9H;1-3H3;1H4. The molecule has 2 N–H and O–H groups in total. The second kappa shape index (κ2) is 14.1. The van der Waals surface area contributed by atoms with Crippen LogP contribution in [-0.2, 0) is 4.84 Å². The minimum Gasteiger partial charge on any atom is -0.496 e. The summed E-state index contributed by atoms with van der Waals surface area (Å²) in [6.45, 7) is 5.28. The Morgan fingerprint density at radius 2 is 1.28 bits per heavy atom. The summed E-state index contributed by atoms with van der Waals surface area (Å²) in [5.41, 5.74) is 9.72. The van der Waals surface area contributed by atoms with Gasteiger partial charge in [0.25, 0.3) is 0 Å². The molecule has 0 unspecified atom stereocenters. The number of nitrogens with zero attached hydrogens (tertiary/aromatic N) is 1. The van der Waals surface area contributed by atoms with Crippen LogP contribution in [0.3, 0.4) is 0 Å². The van der Waals surface area contributed by atoms with Gasteiger partial charge in [-0.05, 0) is 103 Å². The summed E-state index contributed by atoms with van der Waals surface area (Å²) in [6, 6.07) is 32.7. The molecule has 7 aromatic rings. The number of nitrogen functional groups attached to an aromatic ring is 1. The fourth-order valence-electron chi connectivity index (χ4n) is 4.92. The van der Waals surface area contributed by atoms with E-state index in [9.17, 15) is 13.7 Å². The SMILES string of the molecule is C.CC(C)(C)ON=O.COc1cc2ccc(F)cc2cc1-c1ccccc1N.Fc1ccc2cc3oc4ccccc4c3cc2c1. The van der Waals surface area contributed by atoms with E-state index >= 15 is 0 Å². The van der Waals surface area contributed by atoms with Gasteiger partial charge in [-0.15, -0.1) is 4.91 Å². The lowest BCUT2D eigenvalue weighted by Crippen LogP contribution is -2.14. The number of fused-ring (bicyclic) bond motifs is 5. The average molecular weight is 623 g/mol. The van der Waals surface area contributed by atoms with Gasteiger partial charge in [0.1, 0.15) is 34.2 Å². The van der Waals surface area contributed by atoms with Crippen LogP contribution in [0, 0.1) is 16.5 Å². The van der Waals surface area contributed by atoms with Gasteiger partial charge in [0.05, 0.1) is 7.11 Å². The Morgan fingerprint density at radius 3 is 1.89 bits per heavy atom. The lowest BCUT2D eigenvalue weighted by molar-refractivity contribution is -0.00230. The number of benzene rings is 6. The van der Waals surface area contributed by atoms with E-state index < -0.39 is 5.60 Å². The normalized spacial score (nSPS) is 10.8. The van der Waals surface area contributed by atoms with Crippen molar-refractivity contribution in [1.82, 2.24) is 0 Å². The molecule has 0 saturated carbocycles. The molecule has 6 nitrogen and oxygen atoms in total. The molecule has 0 aliphatic heterocycles. The van der Waals surface area contributed by atoms with E-state index in [-0.39, 0.29) is 19.1 Å². The van der Waals surface area contributed by atoms with Gasteiger partial charge in [-0.1, -0.05) is 56.0 Å². The van der Waals surface area contributed by atoms with Crippen molar-refractivity contribution in [2.75, 3.05) is 12.8 Å². The molecule has 0 fully saturated rings. The first-order valence-electron chi connectivity index (χ1n) is 14.2. The number of methoxy groups -OCH3 is 1. The first-order valence-corrected chi connectivity index (χ1v) is 14.2. The quantitative estimate of drug-likeness (QED) is 0.120. The van der Waals surface area contributed by atoms with Crippen molar-refractivity contribution in [1.29, 1.82) is 0 Å². The van der Waals surface area contributed by atoms with Crippen molar-refractivity contribution in [3.8, 4) is 16.9 Å². The van der Waals surface area contributed by atoms with Crippen molar-refractivity contribution in [2.24, 2.45) is 5.34 Å². The number of anilines is 1. The van der Waals surface area contributed by atoms with E-state index in [2.05, 4.69) is 10.2 Å². The Kier molecular flexibility index (Phi) is 10.2. The van der Waals surface area contributed by atoms with Crippen molar-refractivity contribution in [3.63, 3.8) is 0 Å². The van der Waals surface area contributed by atoms with Crippen molar-refractivity contribution >= 4 is 49.2 Å². The highest BCUT2D eigenvalue weighted by Gasteiger charge is 2.12. The van der Waals surface area contributed by atoms with Crippen LogP contribution in [0.5, 0.6) is 5.75 Å². The molecule has 1 heterocycles. The number of halogens is 2. The van der Waals surface area contributed by atoms with Gasteiger partial charge in [0, 0.05) is 27.6 Å². The maximum atomic E-state index is 13.4. The summed E-state index contributed by atoms with van der Waals surface area (Å²) in [7, 11) is 1.62. The van der Waals surface area contributed by atoms with Gasteiger partial charge in [0.2, 0.25) is 0 Å². The van der Waals surface area contributed by atoms with Crippen molar-refractivity contribution in [2.45, 2.75) is 33.8 Å². The number of hydrogen-bond acceptors (Lipinski definition) is 6. The van der Waals surface area contributed by atoms with Gasteiger partial charge in [-0.3, -0.25) is 0 Å². The van der Waals surface area contributed by atoms with Crippen LogP contribution in [0.4, 0.5) is 14.5 Å². The average Bonchev–Trinajstić information content (AvgIpc) is 3.37. The molecule has 46 heavy (non-hydrogen) atoms. The number of para-hydroxylation sites is 2. The van der Waals surface area contributed by atoms with Gasteiger partial charge >= 0.3 is 0 Å². The van der Waals surface area contributed by atoms with Gasteiger partial charge in [0.15, 0.2) is 5.34 Å². The largest absolute Gasteiger partial charge is 0.496 e. The van der Waals surface area contributed by atoms with Crippen LogP contribution >= 0.6 is 0 Å². The Balaban J connectivity index is 0.000000171. The molecule has 1 aromatic heterocycles. The molecule has 7 rings (SSSR count). The molecule has 6 aromatic carbocycles. The van der Waals surface area contributed by atoms with E-state index in [0.29, 0.717) is 5.69 Å². The van der Waals surface area contributed by atoms with Gasteiger partial charge < -0.3 is 19.7 Å². The molecule has 236 valence electrons. The van der Waals surface area contributed by atoms with Gasteiger partial charge in [-0.2, -0.15) is 0 Å². The van der Waals surface area contributed by atoms with E-state index in [1.165, 1.54) is 18.2 Å². The number of hydrogen-bond donors (Lipinski definition) is 1. The van der Waals surface area contributed by atoms with Crippen LogP contribution in [0.1, 0.15) is 28.2 Å². The van der Waals surface area contributed by atoms with Crippen LogP contribution < -0.4 is 10.5 Å². The molecule has 0 saturated heterocycles. The van der Waals surface area contributed by atoms with Crippen LogP contribution in [0.25, 0.3) is 54.6 Å². The first kappa shape index (κ1) is 33.4. The van der Waals surface area contributed by atoms with Crippen molar-refractivity contribution < 1.29 is 22.8 Å². The fourth-order valence-corrected chi connectivity index (χ4v) is 4.92. The third kappa shape index (κ3) is 7.58. The molecule has 8 heteroatoms. The predicted octanol–water partition coefficient (Wildman–Crippen LogP) is 11.2. The molecule has 0 spiro atoms. The van der Waals surface area contributed by atoms with Crippen LogP contribution in [0.15, 0.2) is 119 Å². The summed E-state index contributed by atoms with van der Waals surface area (Å²) in [5.74, 6) is 0.256. The van der Waals surface area contributed by atoms with Crippen molar-refractivity contribution in [3.05, 3.63) is 126 Å². The summed E-state index contributed by atoms with van der Waals surface area (Å²) in [6.07, 6.45) is 0. The number of rotatable bonds is 3. The highest BCUT2D eigenvalue weighted by molar-refractivity contribution is 6.10. The highest BCUT2D eigenvalue weighted by atomic mass is 19.1. The summed E-state index contributed by atoms with van der Waals surface area (Å²) >= 11 is 0. The van der Waals surface area contributed by atoms with Crippen LogP contribution in [0.2, 0.25) is 0 Å².